The van der Waals surface area contributed by atoms with E-state index in [-0.39, 0.29) is 11.3 Å². The Labute approximate surface area is 145 Å². The lowest BCUT2D eigenvalue weighted by atomic mass is 9.92. The van der Waals surface area contributed by atoms with Gasteiger partial charge in [-0.25, -0.2) is 0 Å². The van der Waals surface area contributed by atoms with Gasteiger partial charge in [0.25, 0.3) is 5.91 Å². The summed E-state index contributed by atoms with van der Waals surface area (Å²) in [5.74, 6) is 0.279. The topological polar surface area (TPSA) is 103 Å². The number of amides is 1. The van der Waals surface area contributed by atoms with Gasteiger partial charge in [-0.3, -0.25) is 9.89 Å². The Bertz CT molecular complexity index is 861. The van der Waals surface area contributed by atoms with E-state index in [4.69, 9.17) is 0 Å². The Balaban J connectivity index is 1.81. The van der Waals surface area contributed by atoms with Gasteiger partial charge in [-0.15, -0.1) is 10.2 Å². The van der Waals surface area contributed by atoms with Gasteiger partial charge >= 0.3 is 0 Å². The van der Waals surface area contributed by atoms with Gasteiger partial charge in [0.15, 0.2) is 0 Å². The number of hydrogen-bond acceptors (Lipinski definition) is 5. The van der Waals surface area contributed by atoms with Gasteiger partial charge in [-0.1, -0.05) is 39.0 Å². The molecule has 3 aromatic rings. The summed E-state index contributed by atoms with van der Waals surface area (Å²) in [5, 5.41) is 21.3. The fourth-order valence-electron chi connectivity index (χ4n) is 2.50. The van der Waals surface area contributed by atoms with Gasteiger partial charge in [0.1, 0.15) is 0 Å². The molecule has 0 spiro atoms. The summed E-state index contributed by atoms with van der Waals surface area (Å²) in [4.78, 5) is 14.5. The lowest BCUT2D eigenvalue weighted by Gasteiger charge is -2.17. The van der Waals surface area contributed by atoms with E-state index in [1.165, 1.54) is 0 Å². The second kappa shape index (κ2) is 6.46. The third-order valence-electron chi connectivity index (χ3n) is 3.90. The van der Waals surface area contributed by atoms with Crippen molar-refractivity contribution >= 4 is 5.91 Å². The highest BCUT2D eigenvalue weighted by Gasteiger charge is 2.21. The van der Waals surface area contributed by atoms with Crippen molar-refractivity contribution in [3.05, 3.63) is 47.3 Å². The number of benzene rings is 1. The first kappa shape index (κ1) is 16.8. The summed E-state index contributed by atoms with van der Waals surface area (Å²) in [6.45, 7) is 6.73. The van der Waals surface area contributed by atoms with Gasteiger partial charge in [-0.2, -0.15) is 10.3 Å². The number of aromatic nitrogens is 6. The fraction of sp³-hybridized carbons (Fsp3) is 0.353. The molecule has 3 rings (SSSR count). The van der Waals surface area contributed by atoms with Gasteiger partial charge < -0.3 is 4.90 Å². The molecule has 2 heterocycles. The summed E-state index contributed by atoms with van der Waals surface area (Å²) in [5.41, 5.74) is 2.99. The number of nitrogens with one attached hydrogen (secondary N) is 2. The minimum Gasteiger partial charge on any atom is -0.336 e. The Morgan fingerprint density at radius 2 is 1.96 bits per heavy atom. The van der Waals surface area contributed by atoms with Crippen molar-refractivity contribution in [3.63, 3.8) is 0 Å². The average Bonchev–Trinajstić information content (AvgIpc) is 3.25. The van der Waals surface area contributed by atoms with Gasteiger partial charge in [0.05, 0.1) is 23.5 Å². The smallest absolute Gasteiger partial charge is 0.254 e. The number of H-pyrrole nitrogens is 2. The lowest BCUT2D eigenvalue weighted by molar-refractivity contribution is 0.0784. The molecule has 2 N–H and O–H groups in total. The normalized spacial score (nSPS) is 11.5. The van der Waals surface area contributed by atoms with Gasteiger partial charge in [-0.05, 0) is 17.3 Å². The van der Waals surface area contributed by atoms with Crippen LogP contribution in [0.4, 0.5) is 0 Å². The van der Waals surface area contributed by atoms with Crippen LogP contribution < -0.4 is 0 Å². The van der Waals surface area contributed by atoms with Crippen LogP contribution in [0.3, 0.4) is 0 Å². The number of carbonyl (C=O) groups excluding carboxylic acids is 1. The van der Waals surface area contributed by atoms with Crippen LogP contribution in [0.15, 0.2) is 30.3 Å². The predicted molar refractivity (Wildman–Crippen MR) is 92.7 cm³/mol. The summed E-state index contributed by atoms with van der Waals surface area (Å²) in [7, 11) is 1.76. The Kier molecular flexibility index (Phi) is 4.35. The molecule has 0 aliphatic carbocycles. The number of carbonyl (C=O) groups is 1. The monoisotopic (exact) mass is 339 g/mol. The zero-order valence-electron chi connectivity index (χ0n) is 14.7. The van der Waals surface area contributed by atoms with Crippen LogP contribution in [0.1, 0.15) is 42.5 Å². The fourth-order valence-corrected chi connectivity index (χ4v) is 2.50. The van der Waals surface area contributed by atoms with Crippen LogP contribution in [0.25, 0.3) is 11.4 Å². The molecular formula is C17H21N7O. The van der Waals surface area contributed by atoms with E-state index < -0.39 is 0 Å². The third-order valence-corrected chi connectivity index (χ3v) is 3.90. The number of aromatic amines is 2. The second-order valence-electron chi connectivity index (χ2n) is 6.97. The molecule has 0 aliphatic rings. The second-order valence-corrected chi connectivity index (χ2v) is 6.97. The van der Waals surface area contributed by atoms with E-state index in [1.54, 1.807) is 24.1 Å². The molecule has 2 aromatic heterocycles. The molecule has 0 atom stereocenters. The van der Waals surface area contributed by atoms with Gasteiger partial charge in [0, 0.05) is 18.0 Å². The van der Waals surface area contributed by atoms with E-state index in [1.807, 2.05) is 18.2 Å². The SMILES string of the molecule is CN(Cc1cc(C(C)(C)C)n[nH]1)C(=O)c1ccccc1-c1nn[nH]n1. The highest BCUT2D eigenvalue weighted by molar-refractivity contribution is 5.99. The maximum Gasteiger partial charge on any atom is 0.254 e. The van der Waals surface area contributed by atoms with E-state index in [0.717, 1.165) is 11.4 Å². The predicted octanol–water partition coefficient (Wildman–Crippen LogP) is 2.16. The van der Waals surface area contributed by atoms with Crippen LogP contribution in [0, 0.1) is 0 Å². The first-order chi connectivity index (χ1) is 11.9. The van der Waals surface area contributed by atoms with Crippen molar-refractivity contribution in [1.29, 1.82) is 0 Å². The standard InChI is InChI=1S/C17H21N7O/c1-17(2,3)14-9-11(18-19-14)10-24(4)16(25)13-8-6-5-7-12(13)15-20-22-23-21-15/h5-9H,10H2,1-4H3,(H,18,19)(H,20,21,22,23). The average molecular weight is 339 g/mol. The van der Waals surface area contributed by atoms with Crippen molar-refractivity contribution in [3.8, 4) is 11.4 Å². The summed E-state index contributed by atoms with van der Waals surface area (Å²) in [6, 6.07) is 9.22. The van der Waals surface area contributed by atoms with E-state index in [0.29, 0.717) is 23.5 Å². The molecule has 0 unspecified atom stereocenters. The molecule has 0 aliphatic heterocycles. The van der Waals surface area contributed by atoms with Crippen molar-refractivity contribution in [2.24, 2.45) is 0 Å². The molecule has 0 fully saturated rings. The molecule has 8 nitrogen and oxygen atoms in total. The van der Waals surface area contributed by atoms with Gasteiger partial charge in [0.2, 0.25) is 5.82 Å². The number of hydrogen-bond donors (Lipinski definition) is 2. The van der Waals surface area contributed by atoms with E-state index >= 15 is 0 Å². The van der Waals surface area contributed by atoms with Crippen LogP contribution in [0.5, 0.6) is 0 Å². The Morgan fingerprint density at radius 3 is 2.60 bits per heavy atom. The molecule has 0 radical (unpaired) electrons. The molecule has 8 heteroatoms. The minimum absolute atomic E-state index is 0.0391. The zero-order valence-corrected chi connectivity index (χ0v) is 14.7. The first-order valence-corrected chi connectivity index (χ1v) is 7.99. The van der Waals surface area contributed by atoms with Crippen LogP contribution in [0.2, 0.25) is 0 Å². The van der Waals surface area contributed by atoms with Crippen LogP contribution in [-0.2, 0) is 12.0 Å². The van der Waals surface area contributed by atoms with Crippen molar-refractivity contribution in [1.82, 2.24) is 35.7 Å². The van der Waals surface area contributed by atoms with Crippen LogP contribution >= 0.6 is 0 Å². The molecule has 1 amide bonds. The quantitative estimate of drug-likeness (QED) is 0.758. The summed E-state index contributed by atoms with van der Waals surface area (Å²) in [6.07, 6.45) is 0. The summed E-state index contributed by atoms with van der Waals surface area (Å²) >= 11 is 0. The number of tetrazole rings is 1. The summed E-state index contributed by atoms with van der Waals surface area (Å²) < 4.78 is 0. The van der Waals surface area contributed by atoms with Crippen molar-refractivity contribution < 1.29 is 4.79 Å². The molecule has 0 saturated carbocycles. The Hall–Kier alpha value is -3.03. The number of rotatable bonds is 4. The molecule has 0 bridgehead atoms. The maximum absolute atomic E-state index is 12.9. The van der Waals surface area contributed by atoms with Crippen molar-refractivity contribution in [2.75, 3.05) is 7.05 Å². The molecule has 25 heavy (non-hydrogen) atoms. The largest absolute Gasteiger partial charge is 0.336 e. The van der Waals surface area contributed by atoms with Crippen molar-refractivity contribution in [2.45, 2.75) is 32.7 Å². The van der Waals surface area contributed by atoms with Crippen LogP contribution in [-0.4, -0.2) is 48.7 Å². The van der Waals surface area contributed by atoms with E-state index in [2.05, 4.69) is 51.6 Å². The zero-order chi connectivity index (χ0) is 18.0. The number of nitrogens with zero attached hydrogens (tertiary/aromatic N) is 5. The molecular weight excluding hydrogens is 318 g/mol. The van der Waals surface area contributed by atoms with E-state index in [9.17, 15) is 4.79 Å². The Morgan fingerprint density at radius 1 is 1.20 bits per heavy atom. The molecule has 130 valence electrons. The molecule has 0 saturated heterocycles. The molecule has 1 aromatic carbocycles. The first-order valence-electron chi connectivity index (χ1n) is 7.99. The third kappa shape index (κ3) is 3.57. The minimum atomic E-state index is -0.118. The maximum atomic E-state index is 12.9. The highest BCUT2D eigenvalue weighted by atomic mass is 16.2. The highest BCUT2D eigenvalue weighted by Crippen LogP contribution is 2.23. The lowest BCUT2D eigenvalue weighted by Crippen LogP contribution is -2.27.